The summed E-state index contributed by atoms with van der Waals surface area (Å²) in [5.74, 6) is 0.999. The second kappa shape index (κ2) is 9.86. The number of hydrogen-bond acceptors (Lipinski definition) is 8. The predicted molar refractivity (Wildman–Crippen MR) is 120 cm³/mol. The van der Waals surface area contributed by atoms with Gasteiger partial charge in [0.15, 0.2) is 6.61 Å². The van der Waals surface area contributed by atoms with Gasteiger partial charge in [-0.3, -0.25) is 24.6 Å². The topological polar surface area (TPSA) is 133 Å². The molecule has 0 bridgehead atoms. The molecular formula is C23H20N4O7. The van der Waals surface area contributed by atoms with Crippen molar-refractivity contribution in [3.05, 3.63) is 76.5 Å². The van der Waals surface area contributed by atoms with E-state index >= 15 is 0 Å². The van der Waals surface area contributed by atoms with E-state index in [2.05, 4.69) is 10.3 Å². The average Bonchev–Trinajstić information content (AvgIpc) is 2.85. The maximum absolute atomic E-state index is 12.5. The van der Waals surface area contributed by atoms with E-state index in [1.807, 2.05) is 0 Å². The van der Waals surface area contributed by atoms with Crippen molar-refractivity contribution in [3.63, 3.8) is 0 Å². The molecule has 0 spiro atoms. The minimum atomic E-state index is -0.577. The number of anilines is 1. The molecule has 4 rings (SSSR count). The summed E-state index contributed by atoms with van der Waals surface area (Å²) in [6, 6.07) is 14.4. The number of nitro benzene ring substituents is 1. The van der Waals surface area contributed by atoms with Gasteiger partial charge in [-0.15, -0.1) is 0 Å². The minimum absolute atomic E-state index is 0.172. The highest BCUT2D eigenvalue weighted by Gasteiger charge is 2.29. The van der Waals surface area contributed by atoms with E-state index in [4.69, 9.17) is 14.2 Å². The maximum Gasteiger partial charge on any atom is 0.271 e. The predicted octanol–water partition coefficient (Wildman–Crippen LogP) is 2.83. The number of fused-ring (bicyclic) bond motifs is 1. The van der Waals surface area contributed by atoms with Crippen molar-refractivity contribution in [1.82, 2.24) is 10.3 Å². The zero-order valence-corrected chi connectivity index (χ0v) is 18.1. The summed E-state index contributed by atoms with van der Waals surface area (Å²) < 4.78 is 16.2. The van der Waals surface area contributed by atoms with Crippen LogP contribution in [0, 0.1) is 10.1 Å². The smallest absolute Gasteiger partial charge is 0.271 e. The molecule has 3 aromatic rings. The average molecular weight is 464 g/mol. The number of benzene rings is 2. The van der Waals surface area contributed by atoms with Crippen molar-refractivity contribution in [2.24, 2.45) is 0 Å². The van der Waals surface area contributed by atoms with E-state index in [0.29, 0.717) is 23.1 Å². The molecule has 0 unspecified atom stereocenters. The Balaban J connectivity index is 1.36. The molecule has 1 aromatic heterocycles. The number of non-ortho nitro benzene ring substituents is 1. The molecule has 0 radical (unpaired) electrons. The fraction of sp³-hybridized carbons (Fsp3) is 0.174. The molecule has 1 aliphatic rings. The van der Waals surface area contributed by atoms with Crippen LogP contribution in [0.4, 0.5) is 11.4 Å². The number of aromatic nitrogens is 1. The van der Waals surface area contributed by atoms with Crippen molar-refractivity contribution in [2.75, 3.05) is 25.2 Å². The van der Waals surface area contributed by atoms with Crippen LogP contribution in [0.25, 0.3) is 0 Å². The largest absolute Gasteiger partial charge is 0.497 e. The third-order valence-electron chi connectivity index (χ3n) is 4.95. The second-order valence-corrected chi connectivity index (χ2v) is 7.24. The highest BCUT2D eigenvalue weighted by molar-refractivity contribution is 6.02. The van der Waals surface area contributed by atoms with Gasteiger partial charge in [0.05, 0.1) is 17.7 Å². The summed E-state index contributed by atoms with van der Waals surface area (Å²) in [6.07, 6.45) is 1.56. The number of pyridine rings is 1. The van der Waals surface area contributed by atoms with E-state index < -0.39 is 16.7 Å². The van der Waals surface area contributed by atoms with Crippen molar-refractivity contribution < 1.29 is 28.7 Å². The zero-order chi connectivity index (χ0) is 24.1. The van der Waals surface area contributed by atoms with E-state index in [1.165, 1.54) is 23.1 Å². The summed E-state index contributed by atoms with van der Waals surface area (Å²) in [7, 11) is 1.57. The number of hydrogen-bond donors (Lipinski definition) is 1. The van der Waals surface area contributed by atoms with Gasteiger partial charge in [0.25, 0.3) is 11.6 Å². The van der Waals surface area contributed by atoms with Gasteiger partial charge in [0, 0.05) is 37.0 Å². The molecule has 0 saturated carbocycles. The molecule has 34 heavy (non-hydrogen) atoms. The monoisotopic (exact) mass is 464 g/mol. The number of carbonyl (C=O) groups is 2. The minimum Gasteiger partial charge on any atom is -0.497 e. The van der Waals surface area contributed by atoms with Crippen LogP contribution in [0.15, 0.2) is 60.8 Å². The van der Waals surface area contributed by atoms with E-state index in [-0.39, 0.29) is 31.1 Å². The highest BCUT2D eigenvalue weighted by atomic mass is 16.6. The van der Waals surface area contributed by atoms with Gasteiger partial charge in [-0.25, -0.2) is 4.98 Å². The van der Waals surface area contributed by atoms with E-state index in [9.17, 15) is 19.7 Å². The van der Waals surface area contributed by atoms with Crippen LogP contribution in [0.2, 0.25) is 0 Å². The first-order chi connectivity index (χ1) is 16.4. The Morgan fingerprint density at radius 2 is 2.03 bits per heavy atom. The summed E-state index contributed by atoms with van der Waals surface area (Å²) >= 11 is 0. The van der Waals surface area contributed by atoms with E-state index in [0.717, 1.165) is 5.56 Å². The molecule has 1 N–H and O–H groups in total. The summed E-state index contributed by atoms with van der Waals surface area (Å²) in [5.41, 5.74) is 0.696. The number of nitro groups is 1. The first kappa shape index (κ1) is 22.5. The Hall–Kier alpha value is -4.67. The van der Waals surface area contributed by atoms with Gasteiger partial charge in [-0.05, 0) is 23.8 Å². The van der Waals surface area contributed by atoms with Gasteiger partial charge < -0.3 is 19.5 Å². The molecule has 11 nitrogen and oxygen atoms in total. The first-order valence-corrected chi connectivity index (χ1v) is 10.2. The van der Waals surface area contributed by atoms with Crippen LogP contribution >= 0.6 is 0 Å². The van der Waals surface area contributed by atoms with Gasteiger partial charge in [0.2, 0.25) is 11.8 Å². The summed E-state index contributed by atoms with van der Waals surface area (Å²) in [4.78, 5) is 40.7. The standard InChI is InChI=1S/C23H20N4O7/c1-32-17-3-2-4-18(10-17)34-22-8-5-15(12-25-22)11-24-21(28)13-26-19-9-16(27(30)31)6-7-20(19)33-14-23(26)29/h2-10,12H,11,13-14H2,1H3,(H,24,28). The quantitative estimate of drug-likeness (QED) is 0.397. The number of rotatable bonds is 8. The number of nitrogens with zero attached hydrogens (tertiary/aromatic N) is 3. The Bertz CT molecular complexity index is 1230. The van der Waals surface area contributed by atoms with Crippen LogP contribution < -0.4 is 24.4 Å². The molecule has 0 atom stereocenters. The van der Waals surface area contributed by atoms with Crippen molar-refractivity contribution >= 4 is 23.2 Å². The van der Waals surface area contributed by atoms with Crippen LogP contribution in [0.1, 0.15) is 5.56 Å². The van der Waals surface area contributed by atoms with Crippen LogP contribution in [0.3, 0.4) is 0 Å². The van der Waals surface area contributed by atoms with Crippen molar-refractivity contribution in [2.45, 2.75) is 6.54 Å². The van der Waals surface area contributed by atoms with Gasteiger partial charge in [-0.1, -0.05) is 12.1 Å². The third kappa shape index (κ3) is 5.21. The number of ether oxygens (including phenoxy) is 3. The maximum atomic E-state index is 12.5. The number of carbonyl (C=O) groups excluding carboxylic acids is 2. The van der Waals surface area contributed by atoms with Crippen molar-refractivity contribution in [1.29, 1.82) is 0 Å². The van der Waals surface area contributed by atoms with Crippen LogP contribution in [0.5, 0.6) is 23.1 Å². The van der Waals surface area contributed by atoms with Gasteiger partial charge in [-0.2, -0.15) is 0 Å². The number of nitrogens with one attached hydrogen (secondary N) is 1. The molecule has 11 heteroatoms. The highest BCUT2D eigenvalue weighted by Crippen LogP contribution is 2.35. The third-order valence-corrected chi connectivity index (χ3v) is 4.95. The molecule has 2 heterocycles. The lowest BCUT2D eigenvalue weighted by Crippen LogP contribution is -2.45. The molecular weight excluding hydrogens is 444 g/mol. The number of amides is 2. The molecule has 1 aliphatic heterocycles. The molecule has 2 amide bonds. The Kier molecular flexibility index (Phi) is 6.53. The second-order valence-electron chi connectivity index (χ2n) is 7.24. The normalized spacial score (nSPS) is 12.4. The molecule has 0 aliphatic carbocycles. The Morgan fingerprint density at radius 3 is 2.76 bits per heavy atom. The Labute approximate surface area is 194 Å². The molecule has 174 valence electrons. The zero-order valence-electron chi connectivity index (χ0n) is 18.1. The fourth-order valence-electron chi connectivity index (χ4n) is 3.24. The van der Waals surface area contributed by atoms with Gasteiger partial charge in [0.1, 0.15) is 23.8 Å². The summed E-state index contributed by atoms with van der Waals surface area (Å²) in [5, 5.41) is 13.8. The van der Waals surface area contributed by atoms with Crippen molar-refractivity contribution in [3.8, 4) is 23.1 Å². The molecule has 2 aromatic carbocycles. The summed E-state index contributed by atoms with van der Waals surface area (Å²) in [6.45, 7) is -0.386. The molecule has 0 saturated heterocycles. The Morgan fingerprint density at radius 1 is 1.21 bits per heavy atom. The lowest BCUT2D eigenvalue weighted by Gasteiger charge is -2.28. The first-order valence-electron chi connectivity index (χ1n) is 10.2. The number of methoxy groups -OCH3 is 1. The van der Waals surface area contributed by atoms with Crippen LogP contribution in [-0.2, 0) is 16.1 Å². The van der Waals surface area contributed by atoms with Crippen LogP contribution in [-0.4, -0.2) is 42.0 Å². The lowest BCUT2D eigenvalue weighted by atomic mass is 10.2. The lowest BCUT2D eigenvalue weighted by molar-refractivity contribution is -0.384. The van der Waals surface area contributed by atoms with Gasteiger partial charge >= 0.3 is 0 Å². The SMILES string of the molecule is COc1cccc(Oc2ccc(CNC(=O)CN3C(=O)COc4ccc([N+](=O)[O-])cc43)cn2)c1. The fourth-order valence-corrected chi connectivity index (χ4v) is 3.24. The van der Waals surface area contributed by atoms with E-state index in [1.54, 1.807) is 49.7 Å². The molecule has 0 fully saturated rings.